The van der Waals surface area contributed by atoms with Crippen LogP contribution in [0.15, 0.2) is 18.2 Å². The van der Waals surface area contributed by atoms with Crippen LogP contribution < -0.4 is 5.32 Å². The molecule has 1 N–H and O–H groups in total. The minimum Gasteiger partial charge on any atom is -0.372 e. The Kier molecular flexibility index (Phi) is 4.86. The fourth-order valence-corrected chi connectivity index (χ4v) is 3.19. The summed E-state index contributed by atoms with van der Waals surface area (Å²) in [4.78, 5) is 9.29. The first-order chi connectivity index (χ1) is 9.43. The van der Waals surface area contributed by atoms with Crippen LogP contribution in [0.2, 0.25) is 5.02 Å². The van der Waals surface area contributed by atoms with E-state index < -0.39 is 0 Å². The zero-order valence-electron chi connectivity index (χ0n) is 12.0. The van der Waals surface area contributed by atoms with Gasteiger partial charge >= 0.3 is 0 Å². The molecule has 0 aliphatic carbocycles. The smallest absolute Gasteiger partial charge is 0.161 e. The van der Waals surface area contributed by atoms with Gasteiger partial charge in [0.25, 0.3) is 0 Å². The van der Waals surface area contributed by atoms with Crippen LogP contribution in [0.5, 0.6) is 0 Å². The van der Waals surface area contributed by atoms with Crippen LogP contribution >= 0.6 is 34.2 Å². The molecule has 1 aromatic carbocycles. The highest BCUT2D eigenvalue weighted by Crippen LogP contribution is 2.29. The second-order valence-corrected chi connectivity index (χ2v) is 6.45. The lowest BCUT2D eigenvalue weighted by Gasteiger charge is -2.13. The molecule has 0 atom stereocenters. The van der Waals surface area contributed by atoms with E-state index in [1.807, 2.05) is 32.2 Å². The molecule has 0 fully saturated rings. The largest absolute Gasteiger partial charge is 0.372 e. The highest BCUT2D eigenvalue weighted by molar-refractivity contribution is 14.1. The number of aryl methyl sites for hydroxylation is 1. The molecule has 2 rings (SSSR count). The van der Waals surface area contributed by atoms with Gasteiger partial charge in [0.1, 0.15) is 5.82 Å². The molecule has 0 saturated carbocycles. The molecule has 0 aliphatic heterocycles. The molecule has 1 aromatic heterocycles. The fraction of sp³-hybridized carbons (Fsp3) is 0.333. The molecule has 0 unspecified atom stereocenters. The number of rotatable bonds is 3. The summed E-state index contributed by atoms with van der Waals surface area (Å²) in [5.41, 5.74) is 3.05. The Morgan fingerprint density at radius 1 is 1.25 bits per heavy atom. The van der Waals surface area contributed by atoms with E-state index in [9.17, 15) is 0 Å². The number of hydrogen-bond donors (Lipinski definition) is 1. The first-order valence-corrected chi connectivity index (χ1v) is 7.91. The van der Waals surface area contributed by atoms with Crippen molar-refractivity contribution in [3.05, 3.63) is 38.0 Å². The summed E-state index contributed by atoms with van der Waals surface area (Å²) in [7, 11) is 1.88. The fourth-order valence-electron chi connectivity index (χ4n) is 1.87. The maximum atomic E-state index is 6.20. The van der Waals surface area contributed by atoms with Crippen molar-refractivity contribution >= 4 is 40.0 Å². The van der Waals surface area contributed by atoms with Crippen molar-refractivity contribution in [2.24, 2.45) is 0 Å². The van der Waals surface area contributed by atoms with E-state index in [1.165, 1.54) is 0 Å². The molecular formula is C15H17ClIN3. The van der Waals surface area contributed by atoms with Gasteiger partial charge < -0.3 is 5.32 Å². The lowest BCUT2D eigenvalue weighted by atomic mass is 10.1. The molecule has 2 aromatic rings. The Bertz CT molecular complexity index is 641. The van der Waals surface area contributed by atoms with E-state index in [0.717, 1.165) is 31.2 Å². The summed E-state index contributed by atoms with van der Waals surface area (Å²) in [5, 5.41) is 3.87. The van der Waals surface area contributed by atoms with Crippen molar-refractivity contribution < 1.29 is 0 Å². The van der Waals surface area contributed by atoms with Gasteiger partial charge in [0.15, 0.2) is 5.82 Å². The standard InChI is InChI=1S/C15H17ClIN3/c1-8(2)13-12(17)15(18-4)20-14(19-13)10-6-5-9(3)11(16)7-10/h5-8H,1-4H3,(H,18,19,20). The van der Waals surface area contributed by atoms with E-state index >= 15 is 0 Å². The Morgan fingerprint density at radius 2 is 1.95 bits per heavy atom. The van der Waals surface area contributed by atoms with Crippen LogP contribution in [-0.4, -0.2) is 17.0 Å². The lowest BCUT2D eigenvalue weighted by Crippen LogP contribution is -2.06. The van der Waals surface area contributed by atoms with Crippen LogP contribution in [0.4, 0.5) is 5.82 Å². The van der Waals surface area contributed by atoms with Crippen molar-refractivity contribution in [3.63, 3.8) is 0 Å². The zero-order valence-corrected chi connectivity index (χ0v) is 14.9. The van der Waals surface area contributed by atoms with Crippen LogP contribution in [-0.2, 0) is 0 Å². The summed E-state index contributed by atoms with van der Waals surface area (Å²) in [6, 6.07) is 5.92. The van der Waals surface area contributed by atoms with Gasteiger partial charge in [-0.1, -0.05) is 37.6 Å². The predicted molar refractivity (Wildman–Crippen MR) is 93.6 cm³/mol. The van der Waals surface area contributed by atoms with Crippen LogP contribution in [0.3, 0.4) is 0 Å². The maximum absolute atomic E-state index is 6.20. The molecular weight excluding hydrogens is 385 g/mol. The molecule has 0 spiro atoms. The van der Waals surface area contributed by atoms with Gasteiger partial charge in [-0.05, 0) is 47.1 Å². The summed E-state index contributed by atoms with van der Waals surface area (Å²) >= 11 is 8.49. The number of nitrogens with one attached hydrogen (secondary N) is 1. The number of anilines is 1. The van der Waals surface area contributed by atoms with Gasteiger partial charge in [-0.3, -0.25) is 0 Å². The average Bonchev–Trinajstić information content (AvgIpc) is 2.42. The summed E-state index contributed by atoms with van der Waals surface area (Å²) in [5.74, 6) is 1.91. The number of benzene rings is 1. The van der Waals surface area contributed by atoms with Crippen LogP contribution in [0.25, 0.3) is 11.4 Å². The second-order valence-electron chi connectivity index (χ2n) is 4.96. The first-order valence-electron chi connectivity index (χ1n) is 6.45. The lowest BCUT2D eigenvalue weighted by molar-refractivity contribution is 0.809. The number of hydrogen-bond acceptors (Lipinski definition) is 3. The molecule has 5 heteroatoms. The minimum absolute atomic E-state index is 0.344. The third-order valence-electron chi connectivity index (χ3n) is 3.09. The van der Waals surface area contributed by atoms with Crippen LogP contribution in [0.1, 0.15) is 31.0 Å². The topological polar surface area (TPSA) is 37.8 Å². The first kappa shape index (κ1) is 15.5. The second kappa shape index (κ2) is 6.26. The molecule has 0 amide bonds. The van der Waals surface area contributed by atoms with E-state index in [0.29, 0.717) is 11.7 Å². The van der Waals surface area contributed by atoms with Gasteiger partial charge in [0.05, 0.1) is 9.26 Å². The van der Waals surface area contributed by atoms with Crippen molar-refractivity contribution in [3.8, 4) is 11.4 Å². The van der Waals surface area contributed by atoms with Gasteiger partial charge in [-0.25, -0.2) is 9.97 Å². The Morgan fingerprint density at radius 3 is 2.50 bits per heavy atom. The van der Waals surface area contributed by atoms with Gasteiger partial charge in [-0.2, -0.15) is 0 Å². The van der Waals surface area contributed by atoms with Crippen LogP contribution in [0, 0.1) is 10.5 Å². The third-order valence-corrected chi connectivity index (χ3v) is 4.56. The molecule has 3 nitrogen and oxygen atoms in total. The predicted octanol–water partition coefficient (Wildman–Crippen LogP) is 4.88. The number of aromatic nitrogens is 2. The molecule has 1 heterocycles. The summed E-state index contributed by atoms with van der Waals surface area (Å²) < 4.78 is 1.07. The normalized spacial score (nSPS) is 10.9. The van der Waals surface area contributed by atoms with Crippen molar-refractivity contribution in [2.45, 2.75) is 26.7 Å². The molecule has 106 valence electrons. The monoisotopic (exact) mass is 401 g/mol. The van der Waals surface area contributed by atoms with Crippen molar-refractivity contribution in [2.75, 3.05) is 12.4 Å². The Labute approximate surface area is 138 Å². The van der Waals surface area contributed by atoms with Crippen molar-refractivity contribution in [1.82, 2.24) is 9.97 Å². The average molecular weight is 402 g/mol. The highest BCUT2D eigenvalue weighted by atomic mass is 127. The van der Waals surface area contributed by atoms with E-state index in [2.05, 4.69) is 46.7 Å². The third kappa shape index (κ3) is 3.06. The maximum Gasteiger partial charge on any atom is 0.161 e. The molecule has 20 heavy (non-hydrogen) atoms. The molecule has 0 saturated heterocycles. The number of halogens is 2. The SMILES string of the molecule is CNc1nc(-c2ccc(C)c(Cl)c2)nc(C(C)C)c1I. The van der Waals surface area contributed by atoms with E-state index in [-0.39, 0.29) is 0 Å². The van der Waals surface area contributed by atoms with Gasteiger partial charge in [0, 0.05) is 17.6 Å². The summed E-state index contributed by atoms with van der Waals surface area (Å²) in [6.07, 6.45) is 0. The van der Waals surface area contributed by atoms with E-state index in [1.54, 1.807) is 0 Å². The molecule has 0 radical (unpaired) electrons. The van der Waals surface area contributed by atoms with Gasteiger partial charge in [0.2, 0.25) is 0 Å². The van der Waals surface area contributed by atoms with Gasteiger partial charge in [-0.15, -0.1) is 0 Å². The van der Waals surface area contributed by atoms with E-state index in [4.69, 9.17) is 16.6 Å². The highest BCUT2D eigenvalue weighted by Gasteiger charge is 2.15. The minimum atomic E-state index is 0.344. The number of nitrogens with zero attached hydrogens (tertiary/aromatic N) is 2. The Balaban J connectivity index is 2.61. The zero-order chi connectivity index (χ0) is 14.9. The Hall–Kier alpha value is -0.880. The summed E-state index contributed by atoms with van der Waals surface area (Å²) in [6.45, 7) is 6.26. The molecule has 0 bridgehead atoms. The van der Waals surface area contributed by atoms with Crippen molar-refractivity contribution in [1.29, 1.82) is 0 Å². The quantitative estimate of drug-likeness (QED) is 0.745. The molecule has 0 aliphatic rings.